The van der Waals surface area contributed by atoms with E-state index in [-0.39, 0.29) is 5.41 Å². The highest BCUT2D eigenvalue weighted by Crippen LogP contribution is 2.57. The summed E-state index contributed by atoms with van der Waals surface area (Å²) in [5.74, 6) is 3.52. The van der Waals surface area contributed by atoms with Gasteiger partial charge in [0.05, 0.1) is 12.3 Å². The SMILES string of the molecule is Cc1cccc(C)c1-c1cc2nc(n1)N[S+]([O-])c1cccc(c1)CCC(C1CC3(CCN(c4ccccn4)CC3)C1)[C@H](CC(C)(C)C)CO2. The van der Waals surface area contributed by atoms with Gasteiger partial charge in [0, 0.05) is 30.9 Å². The molecule has 7 rings (SSSR count). The molecule has 1 aliphatic carbocycles. The second-order valence-electron chi connectivity index (χ2n) is 16.1. The number of aromatic nitrogens is 3. The number of aryl methyl sites for hydroxylation is 3. The van der Waals surface area contributed by atoms with E-state index in [0.29, 0.717) is 41.6 Å². The van der Waals surface area contributed by atoms with Crippen LogP contribution >= 0.6 is 0 Å². The van der Waals surface area contributed by atoms with Gasteiger partial charge in [-0.25, -0.2) is 9.97 Å². The lowest BCUT2D eigenvalue weighted by molar-refractivity contribution is -0.0372. The summed E-state index contributed by atoms with van der Waals surface area (Å²) in [6.45, 7) is 14.0. The first-order valence-corrected chi connectivity index (χ1v) is 19.2. The number of hydrogen-bond acceptors (Lipinski definition) is 7. The van der Waals surface area contributed by atoms with E-state index in [1.54, 1.807) is 0 Å². The predicted molar refractivity (Wildman–Crippen MR) is 199 cm³/mol. The van der Waals surface area contributed by atoms with Gasteiger partial charge in [-0.3, -0.25) is 0 Å². The molecule has 3 atom stereocenters. The van der Waals surface area contributed by atoms with Crippen molar-refractivity contribution in [2.75, 3.05) is 29.3 Å². The molecule has 1 N–H and O–H groups in total. The van der Waals surface area contributed by atoms with Crippen molar-refractivity contribution in [3.63, 3.8) is 0 Å². The number of piperidine rings is 1. The molecule has 1 saturated carbocycles. The molecule has 1 saturated heterocycles. The van der Waals surface area contributed by atoms with Crippen LogP contribution in [0.1, 0.15) is 76.0 Å². The highest BCUT2D eigenvalue weighted by atomic mass is 32.2. The second kappa shape index (κ2) is 13.9. The van der Waals surface area contributed by atoms with E-state index >= 15 is 0 Å². The maximum Gasteiger partial charge on any atom is 0.269 e. The van der Waals surface area contributed by atoms with Crippen LogP contribution in [0.4, 0.5) is 11.8 Å². The van der Waals surface area contributed by atoms with Crippen LogP contribution in [0.3, 0.4) is 0 Å². The van der Waals surface area contributed by atoms with E-state index in [0.717, 1.165) is 65.4 Å². The minimum absolute atomic E-state index is 0.159. The number of pyridine rings is 1. The summed E-state index contributed by atoms with van der Waals surface area (Å²) < 4.78 is 23.4. The highest BCUT2D eigenvalue weighted by molar-refractivity contribution is 7.92. The van der Waals surface area contributed by atoms with E-state index < -0.39 is 11.4 Å². The molecule has 4 bridgehead atoms. The van der Waals surface area contributed by atoms with Gasteiger partial charge in [0.25, 0.3) is 5.95 Å². The third-order valence-electron chi connectivity index (χ3n) is 11.2. The molecule has 258 valence electrons. The third-order valence-corrected chi connectivity index (χ3v) is 12.3. The molecule has 3 aliphatic rings. The largest absolute Gasteiger partial charge is 0.588 e. The first kappa shape index (κ1) is 33.9. The van der Waals surface area contributed by atoms with Crippen molar-refractivity contribution >= 4 is 23.1 Å². The lowest BCUT2D eigenvalue weighted by Gasteiger charge is -2.56. The molecule has 0 radical (unpaired) electrons. The van der Waals surface area contributed by atoms with Crippen molar-refractivity contribution in [3.8, 4) is 17.1 Å². The van der Waals surface area contributed by atoms with Crippen molar-refractivity contribution < 1.29 is 9.29 Å². The van der Waals surface area contributed by atoms with Crippen LogP contribution in [0.25, 0.3) is 11.3 Å². The first-order chi connectivity index (χ1) is 23.5. The Labute approximate surface area is 295 Å². The van der Waals surface area contributed by atoms with Gasteiger partial charge < -0.3 is 14.2 Å². The van der Waals surface area contributed by atoms with Crippen LogP contribution in [0, 0.1) is 42.4 Å². The number of rotatable bonds is 4. The lowest BCUT2D eigenvalue weighted by Crippen LogP contribution is -2.50. The standard InChI is InChI=1S/C41H51N5O2S/c1-28-10-8-11-29(2)38(28)35-23-37-44-39(43-35)45-49(47)33-13-9-12-30(22-33)15-16-34(32(27-48-37)24-40(3,4)5)31-25-41(26-31)17-20-46(21-18-41)36-14-6-7-19-42-36/h6-14,19,22-23,31-32,34H,15-18,20-21,24-27H2,1-5H3,(H,43,44,45)/t32-,34?,49?/m1/s1. The molecule has 4 heterocycles. The van der Waals surface area contributed by atoms with Gasteiger partial charge in [-0.1, -0.05) is 57.2 Å². The van der Waals surface area contributed by atoms with Gasteiger partial charge in [0.2, 0.25) is 5.88 Å². The zero-order valence-electron chi connectivity index (χ0n) is 29.7. The van der Waals surface area contributed by atoms with Crippen molar-refractivity contribution in [2.24, 2.45) is 28.6 Å². The summed E-state index contributed by atoms with van der Waals surface area (Å²) in [6.07, 6.45) is 10.1. The van der Waals surface area contributed by atoms with Gasteiger partial charge in [-0.15, -0.1) is 0 Å². The molecule has 2 aromatic carbocycles. The number of fused-ring (bicyclic) bond motifs is 4. The van der Waals surface area contributed by atoms with Gasteiger partial charge in [-0.2, -0.15) is 9.71 Å². The van der Waals surface area contributed by atoms with Crippen LogP contribution in [-0.2, 0) is 17.8 Å². The third kappa shape index (κ3) is 7.76. The summed E-state index contributed by atoms with van der Waals surface area (Å²) in [6, 6.07) is 22.7. The van der Waals surface area contributed by atoms with Crippen LogP contribution in [0.15, 0.2) is 77.8 Å². The number of nitrogens with one attached hydrogen (secondary N) is 1. The zero-order chi connectivity index (χ0) is 34.2. The van der Waals surface area contributed by atoms with Gasteiger partial charge >= 0.3 is 0 Å². The van der Waals surface area contributed by atoms with Gasteiger partial charge in [0.15, 0.2) is 4.90 Å². The molecule has 1 spiro atoms. The molecule has 49 heavy (non-hydrogen) atoms. The summed E-state index contributed by atoms with van der Waals surface area (Å²) in [7, 11) is 0. The van der Waals surface area contributed by atoms with Gasteiger partial charge in [-0.05, 0) is 128 Å². The Balaban J connectivity index is 1.19. The Morgan fingerprint density at radius 2 is 1.71 bits per heavy atom. The van der Waals surface area contributed by atoms with E-state index in [2.05, 4.69) is 91.7 Å². The molecule has 2 aliphatic heterocycles. The average Bonchev–Trinajstić information content (AvgIpc) is 3.06. The molecule has 2 aromatic heterocycles. The number of nitrogens with zero attached hydrogens (tertiary/aromatic N) is 4. The summed E-state index contributed by atoms with van der Waals surface area (Å²) >= 11 is -1.51. The Kier molecular flexibility index (Phi) is 9.64. The molecule has 8 heteroatoms. The van der Waals surface area contributed by atoms with Crippen molar-refractivity contribution in [3.05, 3.63) is 89.6 Å². The number of ether oxygens (including phenoxy) is 1. The zero-order valence-corrected chi connectivity index (χ0v) is 30.6. The molecule has 7 nitrogen and oxygen atoms in total. The minimum Gasteiger partial charge on any atom is -0.588 e. The Morgan fingerprint density at radius 1 is 0.959 bits per heavy atom. The average molecular weight is 678 g/mol. The van der Waals surface area contributed by atoms with Crippen LogP contribution in [-0.4, -0.2) is 39.2 Å². The minimum atomic E-state index is -1.51. The fourth-order valence-electron chi connectivity index (χ4n) is 8.87. The molecule has 4 aromatic rings. The van der Waals surface area contributed by atoms with E-state index in [4.69, 9.17) is 14.7 Å². The smallest absolute Gasteiger partial charge is 0.269 e. The second-order valence-corrected chi connectivity index (χ2v) is 17.3. The maximum atomic E-state index is 13.6. The van der Waals surface area contributed by atoms with Crippen molar-refractivity contribution in [1.82, 2.24) is 15.0 Å². The van der Waals surface area contributed by atoms with Crippen LogP contribution in [0.5, 0.6) is 5.88 Å². The quantitative estimate of drug-likeness (QED) is 0.216. The lowest BCUT2D eigenvalue weighted by atomic mass is 9.52. The Hall–Kier alpha value is -3.62. The monoisotopic (exact) mass is 677 g/mol. The predicted octanol–water partition coefficient (Wildman–Crippen LogP) is 8.98. The first-order valence-electron chi connectivity index (χ1n) is 18.1. The number of benzene rings is 2. The van der Waals surface area contributed by atoms with Gasteiger partial charge in [0.1, 0.15) is 17.2 Å². The van der Waals surface area contributed by atoms with E-state index in [1.807, 2.05) is 30.5 Å². The van der Waals surface area contributed by atoms with Crippen LogP contribution < -0.4 is 14.4 Å². The Bertz CT molecular complexity index is 1720. The molecule has 0 amide bonds. The fraction of sp³-hybridized carbons (Fsp3) is 0.488. The number of hydrogen-bond donors (Lipinski definition) is 1. The topological polar surface area (TPSA) is 86.2 Å². The molecular formula is C41H51N5O2S. The highest BCUT2D eigenvalue weighted by Gasteiger charge is 2.50. The molecular weight excluding hydrogens is 627 g/mol. The number of anilines is 2. The maximum absolute atomic E-state index is 13.6. The normalized spacial score (nSPS) is 22.8. The van der Waals surface area contributed by atoms with E-state index in [9.17, 15) is 4.55 Å². The summed E-state index contributed by atoms with van der Waals surface area (Å²) in [5.41, 5.74) is 5.93. The van der Waals surface area contributed by atoms with Crippen LogP contribution in [0.2, 0.25) is 0 Å². The van der Waals surface area contributed by atoms with Crippen molar-refractivity contribution in [2.45, 2.75) is 84.5 Å². The Morgan fingerprint density at radius 3 is 2.43 bits per heavy atom. The molecule has 2 unspecified atom stereocenters. The molecule has 2 fully saturated rings. The summed E-state index contributed by atoms with van der Waals surface area (Å²) in [5, 5.41) is 0. The fourth-order valence-corrected chi connectivity index (χ4v) is 9.70. The van der Waals surface area contributed by atoms with E-state index in [1.165, 1.54) is 31.2 Å². The van der Waals surface area contributed by atoms with Crippen molar-refractivity contribution in [1.29, 1.82) is 0 Å². The summed E-state index contributed by atoms with van der Waals surface area (Å²) in [4.78, 5) is 17.5.